The van der Waals surface area contributed by atoms with Crippen LogP contribution in [0.25, 0.3) is 0 Å². The zero-order valence-electron chi connectivity index (χ0n) is 15.9. The Morgan fingerprint density at radius 2 is 1.78 bits per heavy atom. The van der Waals surface area contributed by atoms with Gasteiger partial charge < -0.3 is 15.5 Å². The van der Waals surface area contributed by atoms with Gasteiger partial charge in [0.15, 0.2) is 5.96 Å². The van der Waals surface area contributed by atoms with E-state index in [0.29, 0.717) is 19.5 Å². The second kappa shape index (κ2) is 9.76. The Kier molecular flexibility index (Phi) is 6.85. The molecule has 27 heavy (non-hydrogen) atoms. The van der Waals surface area contributed by atoms with Crippen LogP contribution in [0.5, 0.6) is 0 Å². The van der Waals surface area contributed by atoms with Crippen molar-refractivity contribution in [3.8, 4) is 0 Å². The van der Waals surface area contributed by atoms with Crippen LogP contribution in [0.15, 0.2) is 59.6 Å². The minimum Gasteiger partial charge on any atom is -0.357 e. The first-order valence-corrected chi connectivity index (χ1v) is 9.71. The smallest absolute Gasteiger partial charge is 0.226 e. The number of nitrogens with zero attached hydrogens (tertiary/aromatic N) is 2. The Morgan fingerprint density at radius 1 is 1.00 bits per heavy atom. The molecule has 2 aromatic rings. The first-order chi connectivity index (χ1) is 13.3. The molecule has 0 unspecified atom stereocenters. The van der Waals surface area contributed by atoms with E-state index >= 15 is 0 Å². The molecule has 1 fully saturated rings. The molecular formula is C22H28N4O. The van der Waals surface area contributed by atoms with Gasteiger partial charge in [-0.2, -0.15) is 0 Å². The summed E-state index contributed by atoms with van der Waals surface area (Å²) in [5.41, 5.74) is 3.34. The number of aliphatic imine (C=N–C) groups is 1. The first-order valence-electron chi connectivity index (χ1n) is 9.71. The molecule has 1 aliphatic heterocycles. The van der Waals surface area contributed by atoms with Crippen molar-refractivity contribution in [2.75, 3.05) is 18.0 Å². The minimum absolute atomic E-state index is 0.231. The largest absolute Gasteiger partial charge is 0.357 e. The molecule has 0 radical (unpaired) electrons. The summed E-state index contributed by atoms with van der Waals surface area (Å²) in [5, 5.41) is 6.65. The number of amides is 1. The summed E-state index contributed by atoms with van der Waals surface area (Å²) < 4.78 is 0. The number of guanidine groups is 1. The third kappa shape index (κ3) is 5.58. The normalized spacial score (nSPS) is 14.9. The highest BCUT2D eigenvalue weighted by Gasteiger charge is 2.19. The van der Waals surface area contributed by atoms with Gasteiger partial charge in [0.25, 0.3) is 0 Å². The maximum absolute atomic E-state index is 12.0. The lowest BCUT2D eigenvalue weighted by atomic mass is 10.1. The van der Waals surface area contributed by atoms with Gasteiger partial charge >= 0.3 is 0 Å². The maximum Gasteiger partial charge on any atom is 0.226 e. The Labute approximate surface area is 161 Å². The third-order valence-electron chi connectivity index (χ3n) is 4.64. The van der Waals surface area contributed by atoms with Crippen molar-refractivity contribution in [1.29, 1.82) is 0 Å². The number of carbonyl (C=O) groups is 1. The monoisotopic (exact) mass is 364 g/mol. The summed E-state index contributed by atoms with van der Waals surface area (Å²) in [6.45, 7) is 5.04. The van der Waals surface area contributed by atoms with Crippen molar-refractivity contribution >= 4 is 17.6 Å². The van der Waals surface area contributed by atoms with E-state index in [9.17, 15) is 4.79 Å². The van der Waals surface area contributed by atoms with E-state index in [4.69, 9.17) is 0 Å². The molecule has 0 spiro atoms. The van der Waals surface area contributed by atoms with Gasteiger partial charge in [0, 0.05) is 31.7 Å². The molecule has 1 saturated heterocycles. The second-order valence-corrected chi connectivity index (χ2v) is 6.70. The summed E-state index contributed by atoms with van der Waals surface area (Å²) in [5.74, 6) is 1.03. The van der Waals surface area contributed by atoms with Crippen molar-refractivity contribution in [3.05, 3.63) is 65.7 Å². The van der Waals surface area contributed by atoms with Crippen molar-refractivity contribution in [3.63, 3.8) is 0 Å². The number of anilines is 1. The van der Waals surface area contributed by atoms with Crippen LogP contribution in [0, 0.1) is 0 Å². The van der Waals surface area contributed by atoms with Crippen LogP contribution in [-0.2, 0) is 17.9 Å². The highest BCUT2D eigenvalue weighted by atomic mass is 16.2. The standard InChI is InChI=1S/C22H28N4O/c1-2-23-22(24-16-18-8-4-3-5-9-18)25-17-19-11-13-20(14-12-19)26-15-7-6-10-21(26)27/h3-5,8-9,11-14H,2,6-7,10,15-17H2,1H3,(H2,23,24,25). The molecular weight excluding hydrogens is 336 g/mol. The molecule has 1 amide bonds. The Bertz CT molecular complexity index is 756. The number of nitrogens with one attached hydrogen (secondary N) is 2. The molecule has 1 heterocycles. The van der Waals surface area contributed by atoms with Crippen LogP contribution >= 0.6 is 0 Å². The highest BCUT2D eigenvalue weighted by Crippen LogP contribution is 2.21. The third-order valence-corrected chi connectivity index (χ3v) is 4.64. The number of hydrogen-bond acceptors (Lipinski definition) is 2. The SMILES string of the molecule is CCNC(=NCc1ccccc1)NCc1ccc(N2CCCCC2=O)cc1. The Hall–Kier alpha value is -2.82. The zero-order valence-corrected chi connectivity index (χ0v) is 15.9. The number of piperidine rings is 1. The van der Waals surface area contributed by atoms with Gasteiger partial charge in [-0.15, -0.1) is 0 Å². The van der Waals surface area contributed by atoms with Gasteiger partial charge in [0.1, 0.15) is 0 Å². The summed E-state index contributed by atoms with van der Waals surface area (Å²) in [7, 11) is 0. The molecule has 2 N–H and O–H groups in total. The lowest BCUT2D eigenvalue weighted by Crippen LogP contribution is -2.37. The number of carbonyl (C=O) groups excluding carboxylic acids is 1. The quantitative estimate of drug-likeness (QED) is 0.610. The summed E-state index contributed by atoms with van der Waals surface area (Å²) in [6.07, 6.45) is 2.75. The fourth-order valence-corrected chi connectivity index (χ4v) is 3.15. The maximum atomic E-state index is 12.0. The fraction of sp³-hybridized carbons (Fsp3) is 0.364. The van der Waals surface area contributed by atoms with Crippen LogP contribution in [0.3, 0.4) is 0 Å². The molecule has 2 aromatic carbocycles. The summed E-state index contributed by atoms with van der Waals surface area (Å²) in [6, 6.07) is 18.4. The van der Waals surface area contributed by atoms with Gasteiger partial charge in [-0.1, -0.05) is 42.5 Å². The number of rotatable bonds is 6. The average Bonchev–Trinajstić information content (AvgIpc) is 2.72. The predicted molar refractivity (Wildman–Crippen MR) is 111 cm³/mol. The molecule has 3 rings (SSSR count). The van der Waals surface area contributed by atoms with E-state index in [0.717, 1.165) is 43.1 Å². The fourth-order valence-electron chi connectivity index (χ4n) is 3.15. The van der Waals surface area contributed by atoms with E-state index in [2.05, 4.69) is 46.8 Å². The zero-order chi connectivity index (χ0) is 18.9. The van der Waals surface area contributed by atoms with Crippen molar-refractivity contribution < 1.29 is 4.79 Å². The minimum atomic E-state index is 0.231. The van der Waals surface area contributed by atoms with Crippen LogP contribution in [-0.4, -0.2) is 25.0 Å². The first kappa shape index (κ1) is 19.0. The predicted octanol–water partition coefficient (Wildman–Crippen LogP) is 3.46. The molecule has 5 heteroatoms. The molecule has 0 atom stereocenters. The van der Waals surface area contributed by atoms with Gasteiger partial charge in [-0.3, -0.25) is 4.79 Å². The molecule has 0 aliphatic carbocycles. The van der Waals surface area contributed by atoms with E-state index < -0.39 is 0 Å². The number of benzene rings is 2. The molecule has 0 aromatic heterocycles. The highest BCUT2D eigenvalue weighted by molar-refractivity contribution is 5.93. The van der Waals surface area contributed by atoms with Crippen LogP contribution < -0.4 is 15.5 Å². The lowest BCUT2D eigenvalue weighted by molar-refractivity contribution is -0.119. The van der Waals surface area contributed by atoms with Gasteiger partial charge in [-0.05, 0) is 43.0 Å². The van der Waals surface area contributed by atoms with E-state index in [1.165, 1.54) is 5.56 Å². The van der Waals surface area contributed by atoms with Crippen LogP contribution in [0.2, 0.25) is 0 Å². The molecule has 142 valence electrons. The summed E-state index contributed by atoms with van der Waals surface area (Å²) in [4.78, 5) is 18.6. The van der Waals surface area contributed by atoms with Crippen LogP contribution in [0.4, 0.5) is 5.69 Å². The van der Waals surface area contributed by atoms with Crippen molar-refractivity contribution in [1.82, 2.24) is 10.6 Å². The molecule has 0 saturated carbocycles. The van der Waals surface area contributed by atoms with E-state index in [1.54, 1.807) is 0 Å². The van der Waals surface area contributed by atoms with Gasteiger partial charge in [-0.25, -0.2) is 4.99 Å². The number of hydrogen-bond donors (Lipinski definition) is 2. The van der Waals surface area contributed by atoms with Crippen molar-refractivity contribution in [2.45, 2.75) is 39.3 Å². The summed E-state index contributed by atoms with van der Waals surface area (Å²) >= 11 is 0. The average molecular weight is 364 g/mol. The second-order valence-electron chi connectivity index (χ2n) is 6.70. The van der Waals surface area contributed by atoms with Gasteiger partial charge in [0.05, 0.1) is 6.54 Å². The molecule has 1 aliphatic rings. The van der Waals surface area contributed by atoms with Crippen LogP contribution in [0.1, 0.15) is 37.3 Å². The molecule has 0 bridgehead atoms. The van der Waals surface area contributed by atoms with Crippen molar-refractivity contribution in [2.24, 2.45) is 4.99 Å². The Balaban J connectivity index is 1.57. The molecule has 5 nitrogen and oxygen atoms in total. The topological polar surface area (TPSA) is 56.7 Å². The van der Waals surface area contributed by atoms with E-state index in [-0.39, 0.29) is 5.91 Å². The van der Waals surface area contributed by atoms with Gasteiger partial charge in [0.2, 0.25) is 5.91 Å². The lowest BCUT2D eigenvalue weighted by Gasteiger charge is -2.26. The Morgan fingerprint density at radius 3 is 2.48 bits per heavy atom. The van der Waals surface area contributed by atoms with E-state index in [1.807, 2.05) is 35.2 Å².